The second-order valence-electron chi connectivity index (χ2n) is 5.33. The quantitative estimate of drug-likeness (QED) is 0.851. The van der Waals surface area contributed by atoms with Crippen molar-refractivity contribution in [2.45, 2.75) is 31.1 Å². The van der Waals surface area contributed by atoms with Gasteiger partial charge in [0.05, 0.1) is 0 Å². The van der Waals surface area contributed by atoms with E-state index in [2.05, 4.69) is 4.90 Å². The average molecular weight is 234 g/mol. The van der Waals surface area contributed by atoms with Crippen molar-refractivity contribution in [3.8, 4) is 0 Å². The Balaban J connectivity index is 2.08. The molecule has 1 aromatic carbocycles. The van der Waals surface area contributed by atoms with E-state index in [1.165, 1.54) is 12.8 Å². The molecule has 92 valence electrons. The minimum atomic E-state index is -0.0241. The highest BCUT2D eigenvalue weighted by Gasteiger charge is 2.45. The van der Waals surface area contributed by atoms with Gasteiger partial charge in [0.2, 0.25) is 0 Å². The summed E-state index contributed by atoms with van der Waals surface area (Å²) in [6.45, 7) is 2.42. The molecule has 0 amide bonds. The highest BCUT2D eigenvalue weighted by molar-refractivity contribution is 5.63. The first-order valence-electron chi connectivity index (χ1n) is 6.51. The summed E-state index contributed by atoms with van der Waals surface area (Å²) >= 11 is 0. The molecule has 0 saturated heterocycles. The predicted molar refractivity (Wildman–Crippen MR) is 67.8 cm³/mol. The van der Waals surface area contributed by atoms with E-state index in [9.17, 15) is 4.39 Å². The van der Waals surface area contributed by atoms with Crippen LogP contribution in [0.4, 0.5) is 10.1 Å². The Kier molecular flexibility index (Phi) is 2.58. The molecule has 17 heavy (non-hydrogen) atoms. The molecule has 0 bridgehead atoms. The molecular formula is C14H19FN2. The summed E-state index contributed by atoms with van der Waals surface area (Å²) in [7, 11) is 0. The summed E-state index contributed by atoms with van der Waals surface area (Å²) in [5.74, 6) is -0.0241. The van der Waals surface area contributed by atoms with Crippen molar-refractivity contribution in [3.05, 3.63) is 29.6 Å². The number of rotatable bonds is 2. The van der Waals surface area contributed by atoms with Gasteiger partial charge in [0, 0.05) is 36.3 Å². The van der Waals surface area contributed by atoms with Crippen LogP contribution >= 0.6 is 0 Å². The van der Waals surface area contributed by atoms with E-state index < -0.39 is 0 Å². The van der Waals surface area contributed by atoms with Crippen LogP contribution in [0.1, 0.15) is 31.2 Å². The summed E-state index contributed by atoms with van der Waals surface area (Å²) in [6, 6.07) is 5.46. The zero-order valence-electron chi connectivity index (χ0n) is 10.1. The molecule has 0 aromatic heterocycles. The number of nitrogens with two attached hydrogens (primary N) is 1. The largest absolute Gasteiger partial charge is 0.369 e. The molecule has 1 heterocycles. The smallest absolute Gasteiger partial charge is 0.129 e. The van der Waals surface area contributed by atoms with Gasteiger partial charge in [-0.2, -0.15) is 0 Å². The molecule has 0 unspecified atom stereocenters. The van der Waals surface area contributed by atoms with Gasteiger partial charge in [0.1, 0.15) is 5.82 Å². The van der Waals surface area contributed by atoms with Crippen LogP contribution in [0.15, 0.2) is 18.2 Å². The Hall–Kier alpha value is -1.09. The second-order valence-corrected chi connectivity index (χ2v) is 5.33. The molecule has 1 saturated carbocycles. The van der Waals surface area contributed by atoms with E-state index in [1.807, 2.05) is 12.1 Å². The number of benzene rings is 1. The highest BCUT2D eigenvalue weighted by atomic mass is 19.1. The summed E-state index contributed by atoms with van der Waals surface area (Å²) in [6.07, 6.45) is 4.71. The summed E-state index contributed by atoms with van der Waals surface area (Å²) in [5, 5.41) is 0. The van der Waals surface area contributed by atoms with E-state index in [-0.39, 0.29) is 11.2 Å². The molecule has 2 nitrogen and oxygen atoms in total. The third kappa shape index (κ3) is 1.56. The van der Waals surface area contributed by atoms with Crippen LogP contribution in [0, 0.1) is 5.82 Å². The van der Waals surface area contributed by atoms with Gasteiger partial charge in [-0.15, -0.1) is 0 Å². The van der Waals surface area contributed by atoms with E-state index in [0.717, 1.165) is 37.2 Å². The molecule has 0 radical (unpaired) electrons. The molecule has 0 atom stereocenters. The third-order valence-electron chi connectivity index (χ3n) is 4.32. The lowest BCUT2D eigenvalue weighted by atomic mass is 9.80. The summed E-state index contributed by atoms with van der Waals surface area (Å²) in [4.78, 5) is 2.27. The molecule has 2 aliphatic rings. The molecule has 1 aliphatic carbocycles. The molecule has 3 heteroatoms. The van der Waals surface area contributed by atoms with E-state index in [4.69, 9.17) is 5.73 Å². The Morgan fingerprint density at radius 1 is 1.29 bits per heavy atom. The maximum atomic E-state index is 14.1. The Morgan fingerprint density at radius 2 is 2.06 bits per heavy atom. The molecule has 1 aliphatic heterocycles. The molecule has 1 fully saturated rings. The average Bonchev–Trinajstić information content (AvgIpc) is 2.88. The topological polar surface area (TPSA) is 29.3 Å². The van der Waals surface area contributed by atoms with Crippen molar-refractivity contribution in [2.75, 3.05) is 24.5 Å². The van der Waals surface area contributed by atoms with Crippen molar-refractivity contribution < 1.29 is 4.39 Å². The Morgan fingerprint density at radius 3 is 2.76 bits per heavy atom. The van der Waals surface area contributed by atoms with Gasteiger partial charge in [-0.25, -0.2) is 4.39 Å². The van der Waals surface area contributed by atoms with Gasteiger partial charge in [-0.1, -0.05) is 18.9 Å². The first-order chi connectivity index (χ1) is 8.27. The lowest BCUT2D eigenvalue weighted by Gasteiger charge is -2.25. The van der Waals surface area contributed by atoms with Crippen LogP contribution in [-0.4, -0.2) is 19.6 Å². The minimum absolute atomic E-state index is 0.0241. The number of anilines is 1. The predicted octanol–water partition coefficient (Wildman–Crippen LogP) is 2.42. The lowest BCUT2D eigenvalue weighted by molar-refractivity contribution is 0.444. The number of nitrogens with zero attached hydrogens (tertiary/aromatic N) is 1. The number of hydrogen-bond acceptors (Lipinski definition) is 2. The Bertz CT molecular complexity index is 424. The molecule has 2 N–H and O–H groups in total. The van der Waals surface area contributed by atoms with Crippen molar-refractivity contribution in [2.24, 2.45) is 5.73 Å². The maximum absolute atomic E-state index is 14.1. The van der Waals surface area contributed by atoms with Gasteiger partial charge in [0.15, 0.2) is 0 Å². The van der Waals surface area contributed by atoms with Gasteiger partial charge in [-0.3, -0.25) is 0 Å². The van der Waals surface area contributed by atoms with Crippen LogP contribution < -0.4 is 10.6 Å². The Labute approximate surface area is 102 Å². The molecular weight excluding hydrogens is 215 g/mol. The second kappa shape index (κ2) is 3.98. The highest BCUT2D eigenvalue weighted by Crippen LogP contribution is 2.51. The number of halogens is 1. The summed E-state index contributed by atoms with van der Waals surface area (Å²) < 4.78 is 14.1. The van der Waals surface area contributed by atoms with Gasteiger partial charge < -0.3 is 10.6 Å². The van der Waals surface area contributed by atoms with Gasteiger partial charge in [-0.05, 0) is 25.0 Å². The summed E-state index contributed by atoms with van der Waals surface area (Å²) in [5.41, 5.74) is 7.78. The zero-order chi connectivity index (χ0) is 11.9. The monoisotopic (exact) mass is 234 g/mol. The standard InChI is InChI=1S/C14H19FN2/c15-11-4-3-5-12-13(11)14(6-1-2-7-14)10-17(12)9-8-16/h3-5H,1-2,6-10,16H2. The molecule has 1 spiro atoms. The SMILES string of the molecule is NCCN1CC2(CCCC2)c2c(F)cccc21. The molecule has 1 aromatic rings. The van der Waals surface area contributed by atoms with Gasteiger partial charge in [0.25, 0.3) is 0 Å². The first kappa shape index (κ1) is 11.0. The maximum Gasteiger partial charge on any atom is 0.129 e. The fourth-order valence-electron chi connectivity index (χ4n) is 3.65. The number of hydrogen-bond donors (Lipinski definition) is 1. The van der Waals surface area contributed by atoms with Crippen molar-refractivity contribution in [3.63, 3.8) is 0 Å². The first-order valence-corrected chi connectivity index (χ1v) is 6.51. The van der Waals surface area contributed by atoms with Crippen LogP contribution in [0.3, 0.4) is 0 Å². The zero-order valence-corrected chi connectivity index (χ0v) is 10.1. The fraction of sp³-hybridized carbons (Fsp3) is 0.571. The van der Waals surface area contributed by atoms with Crippen LogP contribution in [0.5, 0.6) is 0 Å². The minimum Gasteiger partial charge on any atom is -0.369 e. The van der Waals surface area contributed by atoms with Gasteiger partial charge >= 0.3 is 0 Å². The van der Waals surface area contributed by atoms with Crippen molar-refractivity contribution in [1.29, 1.82) is 0 Å². The van der Waals surface area contributed by atoms with Crippen LogP contribution in [0.2, 0.25) is 0 Å². The van der Waals surface area contributed by atoms with E-state index in [1.54, 1.807) is 6.07 Å². The van der Waals surface area contributed by atoms with Crippen LogP contribution in [0.25, 0.3) is 0 Å². The van der Waals surface area contributed by atoms with Crippen LogP contribution in [-0.2, 0) is 5.41 Å². The van der Waals surface area contributed by atoms with Crippen molar-refractivity contribution >= 4 is 5.69 Å². The third-order valence-corrected chi connectivity index (χ3v) is 4.32. The van der Waals surface area contributed by atoms with Crippen molar-refractivity contribution in [1.82, 2.24) is 0 Å². The number of fused-ring (bicyclic) bond motifs is 2. The molecule has 3 rings (SSSR count). The van der Waals surface area contributed by atoms with E-state index >= 15 is 0 Å². The normalized spacial score (nSPS) is 21.2. The van der Waals surface area contributed by atoms with E-state index in [0.29, 0.717) is 6.54 Å². The fourth-order valence-corrected chi connectivity index (χ4v) is 3.65. The lowest BCUT2D eigenvalue weighted by Crippen LogP contribution is -2.34.